The first-order valence-corrected chi connectivity index (χ1v) is 14.0. The standard InChI is InChI=1S/C26H33N3O7S/c1-2-35-24-18-20(6-11-23(24)36-19-25(30)28-14-16-34-17-15-28)26(31)27-21-7-9-22(10-8-21)37(32,33)29-12-4-3-5-13-29/h6-11,18H,2-5,12-17,19H2,1H3,(H,27,31). The third-order valence-electron chi connectivity index (χ3n) is 6.29. The fourth-order valence-corrected chi connectivity index (χ4v) is 5.77. The number of morpholine rings is 1. The van der Waals surface area contributed by atoms with Gasteiger partial charge in [0.2, 0.25) is 10.0 Å². The van der Waals surface area contributed by atoms with Crippen molar-refractivity contribution in [1.29, 1.82) is 0 Å². The van der Waals surface area contributed by atoms with Gasteiger partial charge in [-0.25, -0.2) is 8.42 Å². The molecule has 10 nitrogen and oxygen atoms in total. The Labute approximate surface area is 217 Å². The maximum Gasteiger partial charge on any atom is 0.260 e. The number of piperidine rings is 1. The Balaban J connectivity index is 1.39. The van der Waals surface area contributed by atoms with Gasteiger partial charge in [0.1, 0.15) is 0 Å². The Kier molecular flexibility index (Phi) is 9.01. The molecule has 2 fully saturated rings. The highest BCUT2D eigenvalue weighted by Gasteiger charge is 2.26. The van der Waals surface area contributed by atoms with Crippen molar-refractivity contribution in [2.24, 2.45) is 0 Å². The molecule has 2 saturated heterocycles. The lowest BCUT2D eigenvalue weighted by Gasteiger charge is -2.26. The van der Waals surface area contributed by atoms with Crippen molar-refractivity contribution >= 4 is 27.5 Å². The Hall–Kier alpha value is -3.15. The summed E-state index contributed by atoms with van der Waals surface area (Å²) in [4.78, 5) is 27.2. The van der Waals surface area contributed by atoms with E-state index in [1.807, 2.05) is 6.92 Å². The van der Waals surface area contributed by atoms with Crippen molar-refractivity contribution in [3.05, 3.63) is 48.0 Å². The Morgan fingerprint density at radius 3 is 2.30 bits per heavy atom. The van der Waals surface area contributed by atoms with Gasteiger partial charge in [0.15, 0.2) is 18.1 Å². The number of sulfonamides is 1. The fraction of sp³-hybridized carbons (Fsp3) is 0.462. The molecule has 0 atom stereocenters. The van der Waals surface area contributed by atoms with Crippen LogP contribution in [-0.4, -0.2) is 82.0 Å². The highest BCUT2D eigenvalue weighted by molar-refractivity contribution is 7.89. The van der Waals surface area contributed by atoms with Crippen LogP contribution >= 0.6 is 0 Å². The molecule has 2 aliphatic rings. The summed E-state index contributed by atoms with van der Waals surface area (Å²) in [7, 11) is -3.54. The molecule has 0 aliphatic carbocycles. The lowest BCUT2D eigenvalue weighted by atomic mass is 10.2. The highest BCUT2D eigenvalue weighted by Crippen LogP contribution is 2.29. The quantitative estimate of drug-likeness (QED) is 0.529. The topological polar surface area (TPSA) is 114 Å². The number of nitrogens with zero attached hydrogens (tertiary/aromatic N) is 2. The second-order valence-corrected chi connectivity index (χ2v) is 10.8. The molecule has 0 bridgehead atoms. The first-order valence-electron chi connectivity index (χ1n) is 12.5. The number of carbonyl (C=O) groups excluding carboxylic acids is 2. The van der Waals surface area contributed by atoms with Crippen LogP contribution in [0.2, 0.25) is 0 Å². The van der Waals surface area contributed by atoms with E-state index in [0.717, 1.165) is 19.3 Å². The highest BCUT2D eigenvalue weighted by atomic mass is 32.2. The Bertz CT molecular complexity index is 1190. The number of ether oxygens (including phenoxy) is 3. The van der Waals surface area contributed by atoms with Gasteiger partial charge in [0.25, 0.3) is 11.8 Å². The number of nitrogens with one attached hydrogen (secondary N) is 1. The van der Waals surface area contributed by atoms with Crippen molar-refractivity contribution in [2.45, 2.75) is 31.1 Å². The fourth-order valence-electron chi connectivity index (χ4n) is 4.25. The summed E-state index contributed by atoms with van der Waals surface area (Å²) in [6.45, 7) is 5.18. The molecule has 0 radical (unpaired) electrons. The first kappa shape index (κ1) is 26.9. The SMILES string of the molecule is CCOc1cc(C(=O)Nc2ccc(S(=O)(=O)N3CCCCC3)cc2)ccc1OCC(=O)N1CCOCC1. The van der Waals surface area contributed by atoms with E-state index in [1.54, 1.807) is 35.2 Å². The van der Waals surface area contributed by atoms with Crippen molar-refractivity contribution in [3.63, 3.8) is 0 Å². The third-order valence-corrected chi connectivity index (χ3v) is 8.20. The number of anilines is 1. The molecule has 37 heavy (non-hydrogen) atoms. The summed E-state index contributed by atoms with van der Waals surface area (Å²) in [5.41, 5.74) is 0.803. The first-order chi connectivity index (χ1) is 17.9. The minimum atomic E-state index is -3.54. The van der Waals surface area contributed by atoms with Crippen molar-refractivity contribution < 1.29 is 32.2 Å². The smallest absolute Gasteiger partial charge is 0.260 e. The number of rotatable bonds is 9. The summed E-state index contributed by atoms with van der Waals surface area (Å²) in [6, 6.07) is 10.9. The molecule has 2 amide bonds. The van der Waals surface area contributed by atoms with E-state index >= 15 is 0 Å². The van der Waals surface area contributed by atoms with E-state index in [4.69, 9.17) is 14.2 Å². The lowest BCUT2D eigenvalue weighted by molar-refractivity contribution is -0.137. The predicted octanol–water partition coefficient (Wildman–Crippen LogP) is 2.75. The average molecular weight is 532 g/mol. The Morgan fingerprint density at radius 2 is 1.62 bits per heavy atom. The monoisotopic (exact) mass is 531 g/mol. The van der Waals surface area contributed by atoms with Gasteiger partial charge in [-0.1, -0.05) is 6.42 Å². The van der Waals surface area contributed by atoms with Crippen LogP contribution in [0.1, 0.15) is 36.5 Å². The van der Waals surface area contributed by atoms with E-state index in [2.05, 4.69) is 5.32 Å². The van der Waals surface area contributed by atoms with Crippen LogP contribution < -0.4 is 14.8 Å². The largest absolute Gasteiger partial charge is 0.490 e. The van der Waals surface area contributed by atoms with Crippen LogP contribution in [0.15, 0.2) is 47.4 Å². The molecule has 2 aromatic rings. The molecule has 200 valence electrons. The van der Waals surface area contributed by atoms with E-state index in [-0.39, 0.29) is 23.3 Å². The molecule has 2 aromatic carbocycles. The number of benzene rings is 2. The van der Waals surface area contributed by atoms with Gasteiger partial charge >= 0.3 is 0 Å². The average Bonchev–Trinajstić information content (AvgIpc) is 2.93. The van der Waals surface area contributed by atoms with Gasteiger partial charge in [-0.05, 0) is 62.2 Å². The van der Waals surface area contributed by atoms with E-state index < -0.39 is 10.0 Å². The van der Waals surface area contributed by atoms with Crippen molar-refractivity contribution in [1.82, 2.24) is 9.21 Å². The number of carbonyl (C=O) groups is 2. The molecular weight excluding hydrogens is 498 g/mol. The van der Waals surface area contributed by atoms with Crippen LogP contribution in [0.3, 0.4) is 0 Å². The molecule has 2 aliphatic heterocycles. The number of hydrogen-bond acceptors (Lipinski definition) is 7. The van der Waals surface area contributed by atoms with Gasteiger partial charge in [-0.15, -0.1) is 0 Å². The zero-order valence-corrected chi connectivity index (χ0v) is 21.8. The third kappa shape index (κ3) is 6.79. The maximum absolute atomic E-state index is 12.9. The second kappa shape index (κ2) is 12.4. The summed E-state index contributed by atoms with van der Waals surface area (Å²) < 4.78 is 43.8. The van der Waals surface area contributed by atoms with E-state index in [9.17, 15) is 18.0 Å². The van der Waals surface area contributed by atoms with Crippen molar-refractivity contribution in [3.8, 4) is 11.5 Å². The molecule has 0 unspecified atom stereocenters. The summed E-state index contributed by atoms with van der Waals surface area (Å²) in [6.07, 6.45) is 2.78. The maximum atomic E-state index is 12.9. The Morgan fingerprint density at radius 1 is 0.919 bits per heavy atom. The van der Waals surface area contributed by atoms with Crippen LogP contribution in [0.5, 0.6) is 11.5 Å². The number of amides is 2. The molecule has 2 heterocycles. The van der Waals surface area contributed by atoms with E-state index in [0.29, 0.717) is 68.7 Å². The summed E-state index contributed by atoms with van der Waals surface area (Å²) in [5, 5.41) is 2.78. The van der Waals surface area contributed by atoms with Gasteiger partial charge in [-0.2, -0.15) is 4.31 Å². The molecular formula is C26H33N3O7S. The van der Waals surface area contributed by atoms with Crippen LogP contribution in [0.4, 0.5) is 5.69 Å². The summed E-state index contributed by atoms with van der Waals surface area (Å²) >= 11 is 0. The molecule has 11 heteroatoms. The molecule has 0 aromatic heterocycles. The van der Waals surface area contributed by atoms with Crippen LogP contribution in [0.25, 0.3) is 0 Å². The predicted molar refractivity (Wildman–Crippen MR) is 138 cm³/mol. The van der Waals surface area contributed by atoms with Crippen LogP contribution in [0, 0.1) is 0 Å². The summed E-state index contributed by atoms with van der Waals surface area (Å²) in [5.74, 6) is 0.196. The van der Waals surface area contributed by atoms with E-state index in [1.165, 1.54) is 16.4 Å². The minimum Gasteiger partial charge on any atom is -0.490 e. The van der Waals surface area contributed by atoms with Gasteiger partial charge in [0, 0.05) is 37.4 Å². The normalized spacial score (nSPS) is 16.7. The molecule has 0 spiro atoms. The van der Waals surface area contributed by atoms with Gasteiger partial charge in [0.05, 0.1) is 24.7 Å². The zero-order chi connectivity index (χ0) is 26.3. The number of hydrogen-bond donors (Lipinski definition) is 1. The molecule has 4 rings (SSSR count). The zero-order valence-electron chi connectivity index (χ0n) is 21.0. The second-order valence-electron chi connectivity index (χ2n) is 8.82. The minimum absolute atomic E-state index is 0.140. The van der Waals surface area contributed by atoms with Crippen LogP contribution in [-0.2, 0) is 19.6 Å². The van der Waals surface area contributed by atoms with Gasteiger partial charge < -0.3 is 24.4 Å². The van der Waals surface area contributed by atoms with Gasteiger partial charge in [-0.3, -0.25) is 9.59 Å². The van der Waals surface area contributed by atoms with Crippen molar-refractivity contribution in [2.75, 3.05) is 57.9 Å². The molecule has 0 saturated carbocycles. The molecule has 1 N–H and O–H groups in total. The lowest BCUT2D eigenvalue weighted by Crippen LogP contribution is -2.43.